The maximum Gasteiger partial charge on any atom is 0.248 e. The first-order valence-corrected chi connectivity index (χ1v) is 5.17. The number of nitrogens with zero attached hydrogens (tertiary/aromatic N) is 1. The van der Waals surface area contributed by atoms with Gasteiger partial charge in [-0.25, -0.2) is 0 Å². The molecule has 0 aromatic heterocycles. The molecule has 0 aromatic rings. The van der Waals surface area contributed by atoms with E-state index in [9.17, 15) is 9.90 Å². The van der Waals surface area contributed by atoms with E-state index in [2.05, 4.69) is 0 Å². The molecule has 0 radical (unpaired) electrons. The molecule has 0 saturated carbocycles. The predicted molar refractivity (Wildman–Crippen MR) is 52.9 cm³/mol. The lowest BCUT2D eigenvalue weighted by molar-refractivity contribution is -0.140. The maximum absolute atomic E-state index is 11.5. The fourth-order valence-electron chi connectivity index (χ4n) is 1.51. The van der Waals surface area contributed by atoms with Gasteiger partial charge in [-0.05, 0) is 26.7 Å². The molecule has 14 heavy (non-hydrogen) atoms. The van der Waals surface area contributed by atoms with Gasteiger partial charge in [0.2, 0.25) is 5.91 Å². The Balaban J connectivity index is 2.29. The van der Waals surface area contributed by atoms with E-state index in [0.717, 1.165) is 19.4 Å². The van der Waals surface area contributed by atoms with Crippen molar-refractivity contribution < 1.29 is 14.6 Å². The normalized spacial score (nSPS) is 22.9. The lowest BCUT2D eigenvalue weighted by Crippen LogP contribution is -2.44. The topological polar surface area (TPSA) is 49.8 Å². The van der Waals surface area contributed by atoms with Crippen molar-refractivity contribution in [1.82, 2.24) is 4.90 Å². The fraction of sp³-hybridized carbons (Fsp3) is 0.900. The van der Waals surface area contributed by atoms with Crippen LogP contribution >= 0.6 is 0 Å². The molecule has 4 heteroatoms. The van der Waals surface area contributed by atoms with Crippen molar-refractivity contribution in [1.29, 1.82) is 0 Å². The molecule has 4 nitrogen and oxygen atoms in total. The molecular formula is C10H19NO3. The largest absolute Gasteiger partial charge is 0.391 e. The highest BCUT2D eigenvalue weighted by Gasteiger charge is 2.21. The summed E-state index contributed by atoms with van der Waals surface area (Å²) in [5, 5.41) is 9.37. The number of rotatable bonds is 3. The average molecular weight is 201 g/mol. The van der Waals surface area contributed by atoms with Crippen molar-refractivity contribution in [3.05, 3.63) is 0 Å². The maximum atomic E-state index is 11.5. The summed E-state index contributed by atoms with van der Waals surface area (Å²) in [6.07, 6.45) is 1.41. The third-order valence-electron chi connectivity index (χ3n) is 2.29. The Hall–Kier alpha value is -0.610. The summed E-state index contributed by atoms with van der Waals surface area (Å²) < 4.78 is 5.22. The van der Waals surface area contributed by atoms with E-state index in [1.807, 2.05) is 13.8 Å². The number of aliphatic hydroxyl groups excluding tert-OH is 1. The summed E-state index contributed by atoms with van der Waals surface area (Å²) in [5.74, 6) is -0.0162. The first-order chi connectivity index (χ1) is 6.59. The third kappa shape index (κ3) is 3.64. The quantitative estimate of drug-likeness (QED) is 0.719. The second-order valence-electron chi connectivity index (χ2n) is 4.00. The van der Waals surface area contributed by atoms with Gasteiger partial charge in [0.1, 0.15) is 6.61 Å². The highest BCUT2D eigenvalue weighted by molar-refractivity contribution is 5.77. The number of carbonyl (C=O) groups is 1. The summed E-state index contributed by atoms with van der Waals surface area (Å²) in [5.41, 5.74) is 0. The predicted octanol–water partition coefficient (Wildman–Crippen LogP) is 0.395. The number of hydrogen-bond donors (Lipinski definition) is 1. The molecule has 82 valence electrons. The first kappa shape index (κ1) is 11.5. The molecule has 0 spiro atoms. The van der Waals surface area contributed by atoms with Crippen molar-refractivity contribution in [3.63, 3.8) is 0 Å². The van der Waals surface area contributed by atoms with E-state index in [1.54, 1.807) is 4.90 Å². The zero-order valence-electron chi connectivity index (χ0n) is 8.90. The number of ether oxygens (including phenoxy) is 1. The highest BCUT2D eigenvalue weighted by atomic mass is 16.5. The van der Waals surface area contributed by atoms with Gasteiger partial charge in [-0.2, -0.15) is 0 Å². The lowest BCUT2D eigenvalue weighted by Gasteiger charge is -2.30. The number of amides is 1. The second kappa shape index (κ2) is 5.32. The molecule has 1 atom stereocenters. The van der Waals surface area contributed by atoms with Gasteiger partial charge >= 0.3 is 0 Å². The number of aliphatic hydroxyl groups is 1. The Kier molecular flexibility index (Phi) is 4.35. The van der Waals surface area contributed by atoms with Crippen LogP contribution in [0.3, 0.4) is 0 Å². The van der Waals surface area contributed by atoms with Gasteiger partial charge in [0.25, 0.3) is 0 Å². The van der Waals surface area contributed by atoms with Crippen LogP contribution in [0.25, 0.3) is 0 Å². The van der Waals surface area contributed by atoms with Crippen molar-refractivity contribution in [3.8, 4) is 0 Å². The zero-order chi connectivity index (χ0) is 10.6. The summed E-state index contributed by atoms with van der Waals surface area (Å²) in [4.78, 5) is 13.2. The van der Waals surface area contributed by atoms with Crippen LogP contribution in [0.4, 0.5) is 0 Å². The SMILES string of the molecule is CC(C)OCC(=O)N1CCC[C@H](O)C1. The van der Waals surface area contributed by atoms with Crippen molar-refractivity contribution in [2.24, 2.45) is 0 Å². The molecule has 1 rings (SSSR count). The molecule has 1 fully saturated rings. The summed E-state index contributed by atoms with van der Waals surface area (Å²) in [6, 6.07) is 0. The van der Waals surface area contributed by atoms with Crippen LogP contribution in [0.5, 0.6) is 0 Å². The van der Waals surface area contributed by atoms with Gasteiger partial charge in [0.05, 0.1) is 12.2 Å². The number of likely N-dealkylation sites (tertiary alicyclic amines) is 1. The van der Waals surface area contributed by atoms with Crippen molar-refractivity contribution >= 4 is 5.91 Å². The molecule has 0 aromatic carbocycles. The Bertz CT molecular complexity index is 194. The van der Waals surface area contributed by atoms with Gasteiger partial charge in [-0.1, -0.05) is 0 Å². The van der Waals surface area contributed by atoms with E-state index in [1.165, 1.54) is 0 Å². The Morgan fingerprint density at radius 3 is 2.93 bits per heavy atom. The van der Waals surface area contributed by atoms with Gasteiger partial charge in [0, 0.05) is 13.1 Å². The minimum absolute atomic E-state index is 0.0162. The van der Waals surface area contributed by atoms with Crippen molar-refractivity contribution in [2.75, 3.05) is 19.7 Å². The van der Waals surface area contributed by atoms with Gasteiger partial charge in [0.15, 0.2) is 0 Å². The minimum atomic E-state index is -0.355. The molecule has 1 saturated heterocycles. The standard InChI is InChI=1S/C10H19NO3/c1-8(2)14-7-10(13)11-5-3-4-9(12)6-11/h8-9,12H,3-7H2,1-2H3/t9-/m0/s1. The average Bonchev–Trinajstić information content (AvgIpc) is 2.14. The Morgan fingerprint density at radius 1 is 1.64 bits per heavy atom. The van der Waals surface area contributed by atoms with E-state index < -0.39 is 0 Å². The van der Waals surface area contributed by atoms with E-state index in [0.29, 0.717) is 6.54 Å². The van der Waals surface area contributed by atoms with Crippen molar-refractivity contribution in [2.45, 2.75) is 38.9 Å². The smallest absolute Gasteiger partial charge is 0.248 e. The van der Waals surface area contributed by atoms with Crippen LogP contribution in [0.2, 0.25) is 0 Å². The van der Waals surface area contributed by atoms with Crippen LogP contribution in [-0.2, 0) is 9.53 Å². The molecule has 1 aliphatic heterocycles. The van der Waals surface area contributed by atoms with Gasteiger partial charge in [-0.3, -0.25) is 4.79 Å². The lowest BCUT2D eigenvalue weighted by atomic mass is 10.1. The van der Waals surface area contributed by atoms with E-state index >= 15 is 0 Å². The van der Waals surface area contributed by atoms with Gasteiger partial charge in [-0.15, -0.1) is 0 Å². The molecule has 1 heterocycles. The van der Waals surface area contributed by atoms with Crippen LogP contribution in [0, 0.1) is 0 Å². The Morgan fingerprint density at radius 2 is 2.36 bits per heavy atom. The van der Waals surface area contributed by atoms with Crippen LogP contribution in [0.1, 0.15) is 26.7 Å². The molecular weight excluding hydrogens is 182 g/mol. The first-order valence-electron chi connectivity index (χ1n) is 5.17. The number of piperidine rings is 1. The van der Waals surface area contributed by atoms with E-state index in [-0.39, 0.29) is 24.7 Å². The van der Waals surface area contributed by atoms with Gasteiger partial charge < -0.3 is 14.7 Å². The van der Waals surface area contributed by atoms with Crippen LogP contribution < -0.4 is 0 Å². The summed E-state index contributed by atoms with van der Waals surface area (Å²) >= 11 is 0. The summed E-state index contributed by atoms with van der Waals surface area (Å²) in [6.45, 7) is 5.14. The third-order valence-corrected chi connectivity index (χ3v) is 2.29. The molecule has 1 N–H and O–H groups in total. The molecule has 0 unspecified atom stereocenters. The minimum Gasteiger partial charge on any atom is -0.391 e. The zero-order valence-corrected chi connectivity index (χ0v) is 8.90. The number of hydrogen-bond acceptors (Lipinski definition) is 3. The van der Waals surface area contributed by atoms with E-state index in [4.69, 9.17) is 4.74 Å². The Labute approximate surface area is 84.8 Å². The summed E-state index contributed by atoms with van der Waals surface area (Å²) in [7, 11) is 0. The number of carbonyl (C=O) groups excluding carboxylic acids is 1. The van der Waals surface area contributed by atoms with Crippen LogP contribution in [0.15, 0.2) is 0 Å². The second-order valence-corrected chi connectivity index (χ2v) is 4.00. The molecule has 0 aliphatic carbocycles. The monoisotopic (exact) mass is 201 g/mol. The molecule has 1 amide bonds. The highest BCUT2D eigenvalue weighted by Crippen LogP contribution is 2.09. The van der Waals surface area contributed by atoms with Crippen LogP contribution in [-0.4, -0.2) is 47.8 Å². The molecule has 0 bridgehead atoms. The fourth-order valence-corrected chi connectivity index (χ4v) is 1.51. The number of β-amino-alcohol motifs (C(OH)–C–C–N with tert-alkyl or cyclic N) is 1. The molecule has 1 aliphatic rings.